The maximum atomic E-state index is 13.3. The van der Waals surface area contributed by atoms with Crippen molar-refractivity contribution in [2.24, 2.45) is 0 Å². The summed E-state index contributed by atoms with van der Waals surface area (Å²) in [6.07, 6.45) is 4.23. The number of β-amino-alcohol motifs (C(OH)–C–C–N with tert-alkyl or cyclic N) is 1. The van der Waals surface area contributed by atoms with Gasteiger partial charge in [-0.3, -0.25) is 9.78 Å². The average molecular weight is 499 g/mol. The van der Waals surface area contributed by atoms with Crippen LogP contribution < -0.4 is 15.4 Å². The molecule has 194 valence electrons. The Morgan fingerprint density at radius 2 is 1.97 bits per heavy atom. The molecule has 2 fully saturated rings. The van der Waals surface area contributed by atoms with Crippen LogP contribution in [0.5, 0.6) is 5.75 Å². The minimum atomic E-state index is -0.807. The van der Waals surface area contributed by atoms with Crippen LogP contribution in [0.3, 0.4) is 0 Å². The predicted octanol–water partition coefficient (Wildman–Crippen LogP) is 1.98. The number of carbonyl (C=O) groups is 2. The Morgan fingerprint density at radius 1 is 1.17 bits per heavy atom. The molecule has 4 atom stereocenters. The predicted molar refractivity (Wildman–Crippen MR) is 133 cm³/mol. The van der Waals surface area contributed by atoms with E-state index in [0.717, 1.165) is 12.0 Å². The molecule has 0 aliphatic carbocycles. The molecule has 1 aromatic carbocycles. The van der Waals surface area contributed by atoms with Crippen LogP contribution in [0, 0.1) is 0 Å². The van der Waals surface area contributed by atoms with Gasteiger partial charge in [0.15, 0.2) is 0 Å². The number of aromatic nitrogens is 1. The number of urea groups is 1. The zero-order valence-electron chi connectivity index (χ0n) is 20.5. The van der Waals surface area contributed by atoms with E-state index in [-0.39, 0.29) is 50.3 Å². The van der Waals surface area contributed by atoms with Gasteiger partial charge in [-0.25, -0.2) is 4.79 Å². The van der Waals surface area contributed by atoms with Gasteiger partial charge < -0.3 is 34.9 Å². The summed E-state index contributed by atoms with van der Waals surface area (Å²) in [5.41, 5.74) is 1.66. The van der Waals surface area contributed by atoms with Gasteiger partial charge in [-0.2, -0.15) is 0 Å². The summed E-state index contributed by atoms with van der Waals surface area (Å²) in [6, 6.07) is 10.4. The zero-order chi connectivity index (χ0) is 25.3. The largest absolute Gasteiger partial charge is 0.495 e. The highest BCUT2D eigenvalue weighted by atomic mass is 16.5. The molecule has 3 N–H and O–H groups in total. The van der Waals surface area contributed by atoms with Crippen LogP contribution in [0.25, 0.3) is 0 Å². The van der Waals surface area contributed by atoms with Gasteiger partial charge in [0.05, 0.1) is 57.2 Å². The molecule has 36 heavy (non-hydrogen) atoms. The number of hydrogen-bond donors (Lipinski definition) is 3. The van der Waals surface area contributed by atoms with E-state index in [0.29, 0.717) is 30.8 Å². The Labute approximate surface area is 210 Å². The van der Waals surface area contributed by atoms with Crippen LogP contribution in [0.1, 0.15) is 24.8 Å². The third-order valence-corrected chi connectivity index (χ3v) is 6.49. The molecular weight excluding hydrogens is 464 g/mol. The number of methoxy groups -OCH3 is 1. The second-order valence-corrected chi connectivity index (χ2v) is 9.07. The monoisotopic (exact) mass is 498 g/mol. The Kier molecular flexibility index (Phi) is 9.10. The highest BCUT2D eigenvalue weighted by Crippen LogP contribution is 2.29. The number of pyridine rings is 1. The average Bonchev–Trinajstić information content (AvgIpc) is 2.87. The molecule has 10 heteroatoms. The maximum Gasteiger partial charge on any atom is 0.322 e. The van der Waals surface area contributed by atoms with Gasteiger partial charge in [0.25, 0.3) is 0 Å². The fraction of sp³-hybridized carbons (Fsp3) is 0.500. The zero-order valence-corrected chi connectivity index (χ0v) is 20.5. The number of para-hydroxylation sites is 2. The third kappa shape index (κ3) is 6.93. The molecule has 2 saturated heterocycles. The first kappa shape index (κ1) is 25.9. The number of aliphatic hydroxyl groups excluding tert-OH is 1. The number of nitrogens with zero attached hydrogens (tertiary/aromatic N) is 2. The lowest BCUT2D eigenvalue weighted by molar-refractivity contribution is -0.149. The highest BCUT2D eigenvalue weighted by Gasteiger charge is 2.40. The van der Waals surface area contributed by atoms with Crippen molar-refractivity contribution in [2.75, 3.05) is 38.7 Å². The number of aliphatic hydroxyl groups is 1. The van der Waals surface area contributed by atoms with E-state index in [9.17, 15) is 14.7 Å². The number of nitrogens with one attached hydrogen (secondary N) is 2. The normalized spacial score (nSPS) is 24.1. The maximum absolute atomic E-state index is 13.3. The van der Waals surface area contributed by atoms with E-state index < -0.39 is 12.2 Å². The topological polar surface area (TPSA) is 122 Å². The number of amides is 3. The minimum absolute atomic E-state index is 0.0690. The second-order valence-electron chi connectivity index (χ2n) is 9.07. The van der Waals surface area contributed by atoms with Crippen LogP contribution >= 0.6 is 0 Å². The lowest BCUT2D eigenvalue weighted by Crippen LogP contribution is -2.58. The first-order valence-electron chi connectivity index (χ1n) is 12.3. The summed E-state index contributed by atoms with van der Waals surface area (Å²) >= 11 is 0. The molecule has 0 radical (unpaired) electrons. The van der Waals surface area contributed by atoms with Crippen LogP contribution in [0.15, 0.2) is 48.8 Å². The molecule has 2 aromatic rings. The van der Waals surface area contributed by atoms with Crippen LogP contribution in [0.2, 0.25) is 0 Å². The van der Waals surface area contributed by atoms with Crippen molar-refractivity contribution < 1.29 is 28.9 Å². The molecule has 0 unspecified atom stereocenters. The molecular formula is C26H34N4O6. The number of benzene rings is 1. The number of rotatable bonds is 7. The van der Waals surface area contributed by atoms with Crippen molar-refractivity contribution >= 4 is 17.6 Å². The molecule has 4 rings (SSSR count). The van der Waals surface area contributed by atoms with E-state index in [1.165, 1.54) is 0 Å². The Bertz CT molecular complexity index is 1010. The molecule has 0 bridgehead atoms. The molecule has 0 saturated carbocycles. The third-order valence-electron chi connectivity index (χ3n) is 6.49. The van der Waals surface area contributed by atoms with Crippen LogP contribution in [-0.4, -0.2) is 84.7 Å². The van der Waals surface area contributed by atoms with E-state index in [4.69, 9.17) is 14.2 Å². The first-order valence-corrected chi connectivity index (χ1v) is 12.3. The van der Waals surface area contributed by atoms with E-state index in [1.54, 1.807) is 36.5 Å². The molecule has 1 aromatic heterocycles. The molecule has 10 nitrogen and oxygen atoms in total. The Balaban J connectivity index is 1.34. The van der Waals surface area contributed by atoms with Gasteiger partial charge >= 0.3 is 6.03 Å². The lowest BCUT2D eigenvalue weighted by atomic mass is 9.95. The van der Waals surface area contributed by atoms with E-state index >= 15 is 0 Å². The summed E-state index contributed by atoms with van der Waals surface area (Å²) in [4.78, 5) is 31.4. The standard InChI is InChI=1S/C26H34N4O6/c1-34-23-5-3-2-4-21(23)29-26(33)30-15-19(31)16-35-17-24-22(30)7-6-20(36-24)14-25(32)28-13-10-18-8-11-27-12-9-18/h2-5,8-9,11-12,19-20,22,24,31H,6-7,10,13-17H2,1H3,(H,28,32)(H,29,33)/t19-,20-,22+,24-/m0/s1. The van der Waals surface area contributed by atoms with Gasteiger partial charge in [-0.15, -0.1) is 0 Å². The van der Waals surface area contributed by atoms with Crippen molar-refractivity contribution in [3.8, 4) is 5.75 Å². The smallest absolute Gasteiger partial charge is 0.322 e. The number of anilines is 1. The van der Waals surface area contributed by atoms with Gasteiger partial charge in [0.2, 0.25) is 5.91 Å². The van der Waals surface area contributed by atoms with Crippen LogP contribution in [-0.2, 0) is 20.7 Å². The quantitative estimate of drug-likeness (QED) is 0.534. The molecule has 2 aliphatic heterocycles. The molecule has 0 spiro atoms. The molecule has 3 amide bonds. The molecule has 3 heterocycles. The Morgan fingerprint density at radius 3 is 2.78 bits per heavy atom. The molecule has 2 aliphatic rings. The van der Waals surface area contributed by atoms with E-state index in [1.807, 2.05) is 24.3 Å². The van der Waals surface area contributed by atoms with E-state index in [2.05, 4.69) is 15.6 Å². The summed E-state index contributed by atoms with van der Waals surface area (Å²) < 4.78 is 17.2. The fourth-order valence-corrected chi connectivity index (χ4v) is 4.68. The van der Waals surface area contributed by atoms with Gasteiger partial charge in [-0.05, 0) is 49.1 Å². The van der Waals surface area contributed by atoms with Crippen LogP contribution in [0.4, 0.5) is 10.5 Å². The van der Waals surface area contributed by atoms with Crippen molar-refractivity contribution in [1.29, 1.82) is 0 Å². The SMILES string of the molecule is COc1ccccc1NC(=O)N1C[C@H](O)COC[C@@H]2O[C@H](CC(=O)NCCc3ccncc3)CC[C@H]21. The number of fused-ring (bicyclic) bond motifs is 1. The summed E-state index contributed by atoms with van der Waals surface area (Å²) in [5, 5.41) is 16.2. The van der Waals surface area contributed by atoms with Crippen molar-refractivity contribution in [3.63, 3.8) is 0 Å². The van der Waals surface area contributed by atoms with Crippen molar-refractivity contribution in [2.45, 2.75) is 50.0 Å². The van der Waals surface area contributed by atoms with Gasteiger partial charge in [0, 0.05) is 18.9 Å². The number of ether oxygens (including phenoxy) is 3. The summed E-state index contributed by atoms with van der Waals surface area (Å²) in [5.74, 6) is 0.480. The summed E-state index contributed by atoms with van der Waals surface area (Å²) in [6.45, 7) is 0.997. The lowest BCUT2D eigenvalue weighted by Gasteiger charge is -2.44. The minimum Gasteiger partial charge on any atom is -0.495 e. The van der Waals surface area contributed by atoms with Crippen molar-refractivity contribution in [1.82, 2.24) is 15.2 Å². The summed E-state index contributed by atoms with van der Waals surface area (Å²) in [7, 11) is 1.54. The number of hydrogen-bond acceptors (Lipinski definition) is 7. The Hall–Kier alpha value is -3.21. The first-order chi connectivity index (χ1) is 17.5. The van der Waals surface area contributed by atoms with Gasteiger partial charge in [0.1, 0.15) is 11.9 Å². The van der Waals surface area contributed by atoms with Gasteiger partial charge in [-0.1, -0.05) is 12.1 Å². The number of carbonyl (C=O) groups excluding carboxylic acids is 2. The van der Waals surface area contributed by atoms with Crippen molar-refractivity contribution in [3.05, 3.63) is 54.4 Å². The second kappa shape index (κ2) is 12.7. The fourth-order valence-electron chi connectivity index (χ4n) is 4.68. The highest BCUT2D eigenvalue weighted by molar-refractivity contribution is 5.91.